The molecular weight excluding hydrogens is 184 g/mol. The summed E-state index contributed by atoms with van der Waals surface area (Å²) < 4.78 is 0. The largest absolute Gasteiger partial charge is 0.328 e. The van der Waals surface area contributed by atoms with Gasteiger partial charge < -0.3 is 10.6 Å². The van der Waals surface area contributed by atoms with Crippen LogP contribution in [0.3, 0.4) is 0 Å². The lowest BCUT2D eigenvalue weighted by atomic mass is 9.89. The zero-order valence-corrected chi connectivity index (χ0v) is 10.3. The summed E-state index contributed by atoms with van der Waals surface area (Å²) in [6.07, 6.45) is 9.39. The molecule has 0 aromatic rings. The van der Waals surface area contributed by atoms with Crippen LogP contribution in [0.1, 0.15) is 51.9 Å². The third kappa shape index (κ3) is 2.54. The monoisotopic (exact) mass is 210 g/mol. The summed E-state index contributed by atoms with van der Waals surface area (Å²) >= 11 is 0. The Kier molecular flexibility index (Phi) is 3.68. The van der Waals surface area contributed by atoms with Crippen LogP contribution in [0.5, 0.6) is 0 Å². The van der Waals surface area contributed by atoms with Gasteiger partial charge in [0.2, 0.25) is 0 Å². The first-order valence-electron chi connectivity index (χ1n) is 6.66. The quantitative estimate of drug-likeness (QED) is 0.758. The fourth-order valence-electron chi connectivity index (χ4n) is 3.51. The Bertz CT molecular complexity index is 197. The molecule has 15 heavy (non-hydrogen) atoms. The van der Waals surface area contributed by atoms with Crippen LogP contribution < -0.4 is 5.73 Å². The van der Waals surface area contributed by atoms with Crippen molar-refractivity contribution in [2.24, 2.45) is 11.7 Å². The van der Waals surface area contributed by atoms with Gasteiger partial charge in [0.25, 0.3) is 0 Å². The number of nitrogens with zero attached hydrogens (tertiary/aromatic N) is 1. The maximum absolute atomic E-state index is 5.96. The van der Waals surface area contributed by atoms with Crippen LogP contribution in [-0.4, -0.2) is 30.1 Å². The molecule has 2 fully saturated rings. The first-order chi connectivity index (χ1) is 7.18. The van der Waals surface area contributed by atoms with E-state index in [4.69, 9.17) is 5.73 Å². The second-order valence-corrected chi connectivity index (χ2v) is 5.71. The molecule has 88 valence electrons. The Morgan fingerprint density at radius 2 is 1.67 bits per heavy atom. The second-order valence-electron chi connectivity index (χ2n) is 5.71. The van der Waals surface area contributed by atoms with Crippen molar-refractivity contribution in [3.63, 3.8) is 0 Å². The molecule has 0 amide bonds. The molecule has 2 aliphatic rings. The topological polar surface area (TPSA) is 29.3 Å². The van der Waals surface area contributed by atoms with Gasteiger partial charge in [0.1, 0.15) is 0 Å². The Balaban J connectivity index is 1.87. The van der Waals surface area contributed by atoms with Crippen LogP contribution in [-0.2, 0) is 0 Å². The van der Waals surface area contributed by atoms with Crippen molar-refractivity contribution in [2.75, 3.05) is 7.05 Å². The zero-order valence-electron chi connectivity index (χ0n) is 10.3. The molecule has 2 heteroatoms. The molecule has 0 spiro atoms. The summed E-state index contributed by atoms with van der Waals surface area (Å²) in [6.45, 7) is 2.42. The van der Waals surface area contributed by atoms with E-state index in [0.717, 1.165) is 18.0 Å². The zero-order chi connectivity index (χ0) is 10.8. The van der Waals surface area contributed by atoms with Crippen molar-refractivity contribution in [1.82, 2.24) is 4.90 Å². The second kappa shape index (κ2) is 4.84. The van der Waals surface area contributed by atoms with Crippen molar-refractivity contribution in [2.45, 2.75) is 70.0 Å². The van der Waals surface area contributed by atoms with Gasteiger partial charge in [-0.05, 0) is 51.5 Å². The van der Waals surface area contributed by atoms with Crippen LogP contribution in [0.15, 0.2) is 0 Å². The van der Waals surface area contributed by atoms with Crippen LogP contribution in [0.25, 0.3) is 0 Å². The molecule has 0 aromatic heterocycles. The highest BCUT2D eigenvalue weighted by Crippen LogP contribution is 2.32. The number of nitrogens with two attached hydrogens (primary N) is 1. The fraction of sp³-hybridized carbons (Fsp3) is 1.00. The maximum Gasteiger partial charge on any atom is 0.0121 e. The molecule has 0 radical (unpaired) electrons. The molecule has 0 saturated heterocycles. The maximum atomic E-state index is 5.96. The Labute approximate surface area is 94.2 Å². The van der Waals surface area contributed by atoms with Crippen molar-refractivity contribution < 1.29 is 0 Å². The van der Waals surface area contributed by atoms with Gasteiger partial charge in [0.15, 0.2) is 0 Å². The highest BCUT2D eigenvalue weighted by atomic mass is 15.2. The summed E-state index contributed by atoms with van der Waals surface area (Å²) in [5, 5.41) is 0. The molecule has 2 rings (SSSR count). The molecule has 2 N–H and O–H groups in total. The smallest absolute Gasteiger partial charge is 0.0121 e. The van der Waals surface area contributed by atoms with Gasteiger partial charge in [-0.25, -0.2) is 0 Å². The highest BCUT2D eigenvalue weighted by Gasteiger charge is 2.32. The van der Waals surface area contributed by atoms with Gasteiger partial charge in [-0.1, -0.05) is 13.3 Å². The van der Waals surface area contributed by atoms with Gasteiger partial charge in [-0.15, -0.1) is 0 Å². The molecule has 0 bridgehead atoms. The van der Waals surface area contributed by atoms with Crippen molar-refractivity contribution in [3.05, 3.63) is 0 Å². The minimum absolute atomic E-state index is 0.482. The summed E-state index contributed by atoms with van der Waals surface area (Å²) in [4.78, 5) is 2.67. The summed E-state index contributed by atoms with van der Waals surface area (Å²) in [7, 11) is 2.34. The molecule has 0 aromatic carbocycles. The third-order valence-corrected chi connectivity index (χ3v) is 4.66. The van der Waals surface area contributed by atoms with Crippen LogP contribution in [0, 0.1) is 5.92 Å². The molecule has 2 saturated carbocycles. The van der Waals surface area contributed by atoms with Crippen LogP contribution in [0.2, 0.25) is 0 Å². The molecule has 2 atom stereocenters. The SMILES string of the molecule is CC1CCCC1N(C)C1CCC(N)CC1. The van der Waals surface area contributed by atoms with E-state index in [1.54, 1.807) is 0 Å². The van der Waals surface area contributed by atoms with Gasteiger partial charge in [0.05, 0.1) is 0 Å². The number of hydrogen-bond donors (Lipinski definition) is 1. The fourth-order valence-corrected chi connectivity index (χ4v) is 3.51. The normalized spacial score (nSPS) is 42.4. The van der Waals surface area contributed by atoms with Crippen LogP contribution in [0.4, 0.5) is 0 Å². The summed E-state index contributed by atoms with van der Waals surface area (Å²) in [5.41, 5.74) is 5.96. The molecule has 0 aliphatic heterocycles. The minimum Gasteiger partial charge on any atom is -0.328 e. The minimum atomic E-state index is 0.482. The van der Waals surface area contributed by atoms with Crippen molar-refractivity contribution >= 4 is 0 Å². The molecular formula is C13H26N2. The summed E-state index contributed by atoms with van der Waals surface area (Å²) in [5.74, 6) is 0.908. The standard InChI is InChI=1S/C13H26N2/c1-10-4-3-5-13(10)15(2)12-8-6-11(14)7-9-12/h10-13H,3-9,14H2,1-2H3. The van der Waals surface area contributed by atoms with Crippen LogP contribution >= 0.6 is 0 Å². The van der Waals surface area contributed by atoms with Gasteiger partial charge >= 0.3 is 0 Å². The predicted molar refractivity (Wildman–Crippen MR) is 64.8 cm³/mol. The number of rotatable bonds is 2. The lowest BCUT2D eigenvalue weighted by molar-refractivity contribution is 0.112. The number of hydrogen-bond acceptors (Lipinski definition) is 2. The third-order valence-electron chi connectivity index (χ3n) is 4.66. The highest BCUT2D eigenvalue weighted by molar-refractivity contribution is 4.87. The average molecular weight is 210 g/mol. The van der Waals surface area contributed by atoms with E-state index in [2.05, 4.69) is 18.9 Å². The molecule has 2 aliphatic carbocycles. The summed E-state index contributed by atoms with van der Waals surface area (Å²) in [6, 6.07) is 2.15. The average Bonchev–Trinajstić information content (AvgIpc) is 2.65. The van der Waals surface area contributed by atoms with E-state index < -0.39 is 0 Å². The van der Waals surface area contributed by atoms with Crippen molar-refractivity contribution in [3.8, 4) is 0 Å². The van der Waals surface area contributed by atoms with E-state index >= 15 is 0 Å². The first-order valence-corrected chi connectivity index (χ1v) is 6.66. The Morgan fingerprint density at radius 1 is 1.00 bits per heavy atom. The lowest BCUT2D eigenvalue weighted by Crippen LogP contribution is -2.44. The van der Waals surface area contributed by atoms with E-state index in [9.17, 15) is 0 Å². The first kappa shape index (κ1) is 11.4. The van der Waals surface area contributed by atoms with Gasteiger partial charge in [-0.3, -0.25) is 0 Å². The van der Waals surface area contributed by atoms with Gasteiger partial charge in [-0.2, -0.15) is 0 Å². The molecule has 2 nitrogen and oxygen atoms in total. The molecule has 2 unspecified atom stereocenters. The molecule has 0 heterocycles. The lowest BCUT2D eigenvalue weighted by Gasteiger charge is -2.38. The van der Waals surface area contributed by atoms with E-state index in [0.29, 0.717) is 6.04 Å². The van der Waals surface area contributed by atoms with E-state index in [-0.39, 0.29) is 0 Å². The predicted octanol–water partition coefficient (Wildman–Crippen LogP) is 2.38. The Hall–Kier alpha value is -0.0800. The van der Waals surface area contributed by atoms with Crippen molar-refractivity contribution in [1.29, 1.82) is 0 Å². The Morgan fingerprint density at radius 3 is 2.20 bits per heavy atom. The van der Waals surface area contributed by atoms with E-state index in [1.165, 1.54) is 44.9 Å². The van der Waals surface area contributed by atoms with Gasteiger partial charge in [0, 0.05) is 18.1 Å². The van der Waals surface area contributed by atoms with E-state index in [1.807, 2.05) is 0 Å².